The molecule has 1 atom stereocenters. The lowest BCUT2D eigenvalue weighted by Gasteiger charge is -2.18. The number of rotatable bonds is 66. The van der Waals surface area contributed by atoms with Gasteiger partial charge in [0, 0.05) is 19.3 Å². The number of unbranched alkanes of at least 4 members (excludes halogenated alkanes) is 45. The molecule has 0 aliphatic carbocycles. The van der Waals surface area contributed by atoms with Crippen molar-refractivity contribution in [3.8, 4) is 0 Å². The van der Waals surface area contributed by atoms with Gasteiger partial charge >= 0.3 is 17.9 Å². The molecule has 0 aromatic carbocycles. The van der Waals surface area contributed by atoms with Crippen LogP contribution in [0.2, 0.25) is 0 Å². The van der Waals surface area contributed by atoms with Crippen LogP contribution in [0.1, 0.15) is 380 Å². The minimum absolute atomic E-state index is 0.0703. The Morgan fingerprint density at radius 2 is 0.444 bits per heavy atom. The topological polar surface area (TPSA) is 78.9 Å². The van der Waals surface area contributed by atoms with Crippen molar-refractivity contribution in [1.29, 1.82) is 0 Å². The van der Waals surface area contributed by atoms with Crippen molar-refractivity contribution in [1.82, 2.24) is 0 Å². The Balaban J connectivity index is 4.13. The first kappa shape index (κ1) is 78.1. The molecular formula is C75H136O6. The SMILES string of the molecule is CCCCCCC/C=C\C/C=C\C/C=C\CCCCCCCCCCCCCCC(=O)OCC(COC(=O)CCCCCCCCCCC)OC(=O)CCCCCCCCCCCCCCCCC/C=C\C/C=C\CCCCCCC. The molecule has 0 aliphatic heterocycles. The van der Waals surface area contributed by atoms with Gasteiger partial charge in [0.2, 0.25) is 0 Å². The molecule has 0 aliphatic rings. The number of allylic oxidation sites excluding steroid dienone is 10. The number of hydrogen-bond acceptors (Lipinski definition) is 6. The predicted molar refractivity (Wildman–Crippen MR) is 353 cm³/mol. The highest BCUT2D eigenvalue weighted by Gasteiger charge is 2.19. The van der Waals surface area contributed by atoms with E-state index in [1.807, 2.05) is 0 Å². The normalized spacial score (nSPS) is 12.4. The summed E-state index contributed by atoms with van der Waals surface area (Å²) in [6.45, 7) is 6.65. The fourth-order valence-electron chi connectivity index (χ4n) is 10.6. The zero-order chi connectivity index (χ0) is 58.5. The Kier molecular flexibility index (Phi) is 67.1. The zero-order valence-electron chi connectivity index (χ0n) is 54.3. The van der Waals surface area contributed by atoms with Crippen molar-refractivity contribution in [2.75, 3.05) is 13.2 Å². The summed E-state index contributed by atoms with van der Waals surface area (Å²) in [5.74, 6) is -0.853. The van der Waals surface area contributed by atoms with Crippen LogP contribution in [0.5, 0.6) is 0 Å². The van der Waals surface area contributed by atoms with E-state index in [1.165, 1.54) is 263 Å². The molecule has 0 saturated heterocycles. The van der Waals surface area contributed by atoms with Gasteiger partial charge in [0.15, 0.2) is 6.10 Å². The molecule has 6 heteroatoms. The number of carbonyl (C=O) groups excluding carboxylic acids is 3. The van der Waals surface area contributed by atoms with Crippen molar-refractivity contribution < 1.29 is 28.6 Å². The fourth-order valence-corrected chi connectivity index (χ4v) is 10.6. The highest BCUT2D eigenvalue weighted by atomic mass is 16.6. The summed E-state index contributed by atoms with van der Waals surface area (Å²) in [5.41, 5.74) is 0. The third-order valence-electron chi connectivity index (χ3n) is 16.0. The Morgan fingerprint density at radius 1 is 0.247 bits per heavy atom. The highest BCUT2D eigenvalue weighted by molar-refractivity contribution is 5.71. The van der Waals surface area contributed by atoms with Gasteiger partial charge in [0.05, 0.1) is 0 Å². The molecule has 0 bridgehead atoms. The van der Waals surface area contributed by atoms with Gasteiger partial charge in [0.25, 0.3) is 0 Å². The first-order valence-corrected chi connectivity index (χ1v) is 35.8. The van der Waals surface area contributed by atoms with Crippen LogP contribution in [-0.4, -0.2) is 37.2 Å². The van der Waals surface area contributed by atoms with Gasteiger partial charge in [-0.25, -0.2) is 0 Å². The quantitative estimate of drug-likeness (QED) is 0.0261. The lowest BCUT2D eigenvalue weighted by Crippen LogP contribution is -2.30. The maximum absolute atomic E-state index is 12.9. The van der Waals surface area contributed by atoms with Crippen molar-refractivity contribution in [2.24, 2.45) is 0 Å². The van der Waals surface area contributed by atoms with E-state index in [1.54, 1.807) is 0 Å². The molecule has 0 heterocycles. The van der Waals surface area contributed by atoms with Crippen LogP contribution in [-0.2, 0) is 28.6 Å². The van der Waals surface area contributed by atoms with E-state index in [0.29, 0.717) is 19.3 Å². The summed E-state index contributed by atoms with van der Waals surface area (Å²) < 4.78 is 16.9. The Bertz CT molecular complexity index is 1440. The van der Waals surface area contributed by atoms with Crippen LogP contribution >= 0.6 is 0 Å². The molecule has 1 unspecified atom stereocenters. The molecule has 6 nitrogen and oxygen atoms in total. The van der Waals surface area contributed by atoms with Crippen LogP contribution < -0.4 is 0 Å². The Morgan fingerprint density at radius 3 is 0.691 bits per heavy atom. The lowest BCUT2D eigenvalue weighted by molar-refractivity contribution is -0.167. The minimum Gasteiger partial charge on any atom is -0.462 e. The van der Waals surface area contributed by atoms with E-state index >= 15 is 0 Å². The van der Waals surface area contributed by atoms with E-state index in [4.69, 9.17) is 14.2 Å². The fraction of sp³-hybridized carbons (Fsp3) is 0.827. The first-order valence-electron chi connectivity index (χ1n) is 35.8. The predicted octanol–water partition coefficient (Wildman–Crippen LogP) is 24.7. The number of ether oxygens (including phenoxy) is 3. The monoisotopic (exact) mass is 1130 g/mol. The van der Waals surface area contributed by atoms with E-state index in [-0.39, 0.29) is 31.1 Å². The van der Waals surface area contributed by atoms with Gasteiger partial charge in [-0.05, 0) is 89.9 Å². The summed E-state index contributed by atoms with van der Waals surface area (Å²) in [5, 5.41) is 0. The molecule has 0 saturated carbocycles. The molecule has 0 rings (SSSR count). The van der Waals surface area contributed by atoms with Crippen LogP contribution in [0.3, 0.4) is 0 Å². The van der Waals surface area contributed by atoms with Gasteiger partial charge in [0.1, 0.15) is 13.2 Å². The van der Waals surface area contributed by atoms with Gasteiger partial charge < -0.3 is 14.2 Å². The third kappa shape index (κ3) is 67.8. The zero-order valence-corrected chi connectivity index (χ0v) is 54.3. The second kappa shape index (κ2) is 69.6. The second-order valence-corrected chi connectivity index (χ2v) is 24.1. The van der Waals surface area contributed by atoms with E-state index in [0.717, 1.165) is 77.0 Å². The first-order chi connectivity index (χ1) is 40.0. The Labute approximate surface area is 504 Å². The average Bonchev–Trinajstić information content (AvgIpc) is 3.47. The molecule has 472 valence electrons. The van der Waals surface area contributed by atoms with Crippen molar-refractivity contribution in [3.63, 3.8) is 0 Å². The lowest BCUT2D eigenvalue weighted by atomic mass is 10.0. The largest absolute Gasteiger partial charge is 0.462 e. The van der Waals surface area contributed by atoms with Crippen LogP contribution in [0.15, 0.2) is 60.8 Å². The second-order valence-electron chi connectivity index (χ2n) is 24.1. The molecule has 0 N–H and O–H groups in total. The molecular weight excluding hydrogens is 997 g/mol. The van der Waals surface area contributed by atoms with Crippen molar-refractivity contribution in [2.45, 2.75) is 386 Å². The highest BCUT2D eigenvalue weighted by Crippen LogP contribution is 2.18. The van der Waals surface area contributed by atoms with E-state index < -0.39 is 6.10 Å². The molecule has 0 aromatic rings. The van der Waals surface area contributed by atoms with E-state index in [2.05, 4.69) is 81.5 Å². The summed E-state index contributed by atoms with van der Waals surface area (Å²) in [7, 11) is 0. The average molecular weight is 1130 g/mol. The van der Waals surface area contributed by atoms with Gasteiger partial charge in [-0.15, -0.1) is 0 Å². The maximum Gasteiger partial charge on any atom is 0.306 e. The van der Waals surface area contributed by atoms with Gasteiger partial charge in [-0.1, -0.05) is 332 Å². The standard InChI is InChI=1S/C75H136O6/c1-4-7-10-13-16-19-21-23-25-27-29-31-33-35-37-39-41-43-45-47-49-51-53-56-59-62-65-68-74(77)80-71-72(70-79-73(76)67-64-61-58-55-18-15-12-9-6-3)81-75(78)69-66-63-60-57-54-52-50-48-46-44-42-40-38-36-34-32-30-28-26-24-22-20-17-14-11-8-5-2/h21-24,27-30,33,35,72H,4-20,25-26,31-32,34,36-71H2,1-3H3/b23-21-,24-22-,29-27-,30-28-,35-33-. The summed E-state index contributed by atoms with van der Waals surface area (Å²) in [4.78, 5) is 38.3. The van der Waals surface area contributed by atoms with Crippen LogP contribution in [0.25, 0.3) is 0 Å². The number of carbonyl (C=O) groups is 3. The Hall–Kier alpha value is -2.89. The number of esters is 3. The van der Waals surface area contributed by atoms with Crippen molar-refractivity contribution >= 4 is 17.9 Å². The summed E-state index contributed by atoms with van der Waals surface area (Å²) >= 11 is 0. The molecule has 0 aromatic heterocycles. The summed E-state index contributed by atoms with van der Waals surface area (Å²) in [6, 6.07) is 0. The van der Waals surface area contributed by atoms with Gasteiger partial charge in [-0.3, -0.25) is 14.4 Å². The minimum atomic E-state index is -0.773. The third-order valence-corrected chi connectivity index (χ3v) is 16.0. The molecule has 0 spiro atoms. The van der Waals surface area contributed by atoms with Gasteiger partial charge in [-0.2, -0.15) is 0 Å². The maximum atomic E-state index is 12.9. The molecule has 0 amide bonds. The molecule has 0 radical (unpaired) electrons. The summed E-state index contributed by atoms with van der Waals surface area (Å²) in [6.07, 6.45) is 89.8. The number of hydrogen-bond donors (Lipinski definition) is 0. The van der Waals surface area contributed by atoms with Crippen LogP contribution in [0, 0.1) is 0 Å². The van der Waals surface area contributed by atoms with Crippen molar-refractivity contribution in [3.05, 3.63) is 60.8 Å². The smallest absolute Gasteiger partial charge is 0.306 e. The molecule has 0 fully saturated rings. The van der Waals surface area contributed by atoms with Crippen LogP contribution in [0.4, 0.5) is 0 Å². The molecule has 81 heavy (non-hydrogen) atoms. The van der Waals surface area contributed by atoms with E-state index in [9.17, 15) is 14.4 Å².